The van der Waals surface area contributed by atoms with Crippen LogP contribution in [0.1, 0.15) is 131 Å². The van der Waals surface area contributed by atoms with Crippen LogP contribution in [0.5, 0.6) is 46.0 Å². The summed E-state index contributed by atoms with van der Waals surface area (Å²) in [5, 5.41) is 138. The van der Waals surface area contributed by atoms with E-state index in [1.165, 1.54) is 57.3 Å². The number of fused-ring (bicyclic) bond motifs is 15. The molecule has 6 aromatic rings. The summed E-state index contributed by atoms with van der Waals surface area (Å²) in [6.07, 6.45) is -22.4. The average molecular weight is 1680 g/mol. The summed E-state index contributed by atoms with van der Waals surface area (Å²) in [6, 6.07) is 8.47. The minimum Gasteiger partial charge on any atom is -0.508 e. The molecule has 8 aliphatic rings. The highest BCUT2D eigenvalue weighted by molar-refractivity contribution is 6.32. The van der Waals surface area contributed by atoms with Gasteiger partial charge in [-0.15, -0.1) is 0 Å². The molecule has 634 valence electrons. The third-order valence-corrected chi connectivity index (χ3v) is 22.2. The van der Waals surface area contributed by atoms with E-state index in [0.717, 1.165) is 54.1 Å². The highest BCUT2D eigenvalue weighted by Gasteiger charge is 2.53. The van der Waals surface area contributed by atoms with Crippen LogP contribution in [0, 0.1) is 5.92 Å². The van der Waals surface area contributed by atoms with E-state index in [9.17, 15) is 65.4 Å². The molecule has 0 spiro atoms. The van der Waals surface area contributed by atoms with Crippen molar-refractivity contribution in [3.05, 3.63) is 153 Å². The summed E-state index contributed by atoms with van der Waals surface area (Å²) < 4.78 is 52.6. The van der Waals surface area contributed by atoms with Gasteiger partial charge in [0.15, 0.2) is 36.2 Å². The maximum atomic E-state index is 16.5. The molecule has 3 saturated heterocycles. The number of aromatic hydroxyl groups is 3. The summed E-state index contributed by atoms with van der Waals surface area (Å²) >= 11 is 13.4. The second kappa shape index (κ2) is 35.8. The van der Waals surface area contributed by atoms with Crippen LogP contribution in [0.2, 0.25) is 10.0 Å². The Bertz CT molecular complexity index is 4780. The van der Waals surface area contributed by atoms with Gasteiger partial charge < -0.3 is 143 Å². The van der Waals surface area contributed by atoms with Gasteiger partial charge in [0, 0.05) is 58.2 Å². The van der Waals surface area contributed by atoms with Crippen LogP contribution in [0.4, 0.5) is 0 Å². The van der Waals surface area contributed by atoms with Crippen molar-refractivity contribution in [1.82, 2.24) is 42.5 Å². The number of nitrogens with one attached hydrogen (secondary N) is 8. The lowest BCUT2D eigenvalue weighted by molar-refractivity contribution is -0.334. The number of carbonyl (C=O) groups excluding carboxylic acids is 7. The summed E-state index contributed by atoms with van der Waals surface area (Å²) in [4.78, 5) is 120. The van der Waals surface area contributed by atoms with Gasteiger partial charge in [0.05, 0.1) is 48.5 Å². The number of hydrogen-bond acceptors (Lipinski definition) is 28. The van der Waals surface area contributed by atoms with Gasteiger partial charge >= 0.3 is 5.97 Å². The molecule has 0 saturated carbocycles. The Morgan fingerprint density at radius 2 is 1.31 bits per heavy atom. The molecule has 0 radical (unpaired) electrons. The molecule has 8 aliphatic heterocycles. The van der Waals surface area contributed by atoms with Crippen LogP contribution in [-0.4, -0.2) is 215 Å². The van der Waals surface area contributed by atoms with E-state index in [1.807, 2.05) is 13.8 Å². The molecule has 14 rings (SSSR count). The molecule has 7 amide bonds. The van der Waals surface area contributed by atoms with Crippen LogP contribution < -0.4 is 68.2 Å². The van der Waals surface area contributed by atoms with Gasteiger partial charge in [-0.3, -0.25) is 33.6 Å². The van der Waals surface area contributed by atoms with E-state index in [1.54, 1.807) is 38.1 Å². The summed E-state index contributed by atoms with van der Waals surface area (Å²) in [5.74, 6) is -15.5. The van der Waals surface area contributed by atoms with Crippen LogP contribution >= 0.6 is 23.2 Å². The van der Waals surface area contributed by atoms with E-state index in [-0.39, 0.29) is 64.9 Å². The third kappa shape index (κ3) is 19.0. The van der Waals surface area contributed by atoms with E-state index in [2.05, 4.69) is 42.5 Å². The van der Waals surface area contributed by atoms with Crippen molar-refractivity contribution in [2.45, 2.75) is 207 Å². The fourth-order valence-electron chi connectivity index (χ4n) is 15.3. The van der Waals surface area contributed by atoms with Gasteiger partial charge in [-0.1, -0.05) is 73.4 Å². The summed E-state index contributed by atoms with van der Waals surface area (Å²) in [7, 11) is 1.48. The summed E-state index contributed by atoms with van der Waals surface area (Å²) in [5.41, 5.74) is 8.03. The molecule has 6 aromatic carbocycles. The molecule has 0 aliphatic carbocycles. The Labute approximate surface area is 685 Å². The highest BCUT2D eigenvalue weighted by Crippen LogP contribution is 2.50. The Kier molecular flexibility index (Phi) is 26.5. The van der Waals surface area contributed by atoms with Gasteiger partial charge in [-0.05, 0) is 142 Å². The molecular formula is C80H94Cl2N10O26. The molecule has 11 bridgehead atoms. The van der Waals surface area contributed by atoms with Crippen molar-refractivity contribution in [3.8, 4) is 57.1 Å². The minimum atomic E-state index is -2.36. The first kappa shape index (κ1) is 87.2. The largest absolute Gasteiger partial charge is 0.508 e. The van der Waals surface area contributed by atoms with Gasteiger partial charge in [-0.25, -0.2) is 4.79 Å². The normalized spacial score (nSPS) is 30.8. The van der Waals surface area contributed by atoms with Crippen molar-refractivity contribution in [1.29, 1.82) is 0 Å². The van der Waals surface area contributed by atoms with E-state index >= 15 is 24.0 Å². The number of rotatable bonds is 18. The number of phenols is 3. The lowest BCUT2D eigenvalue weighted by atomic mass is 9.84. The van der Waals surface area contributed by atoms with Crippen LogP contribution in [0.15, 0.2) is 109 Å². The Morgan fingerprint density at radius 1 is 0.669 bits per heavy atom. The van der Waals surface area contributed by atoms with Gasteiger partial charge in [0.1, 0.15) is 89.5 Å². The second-order valence-electron chi connectivity index (χ2n) is 31.0. The van der Waals surface area contributed by atoms with Gasteiger partial charge in [0.2, 0.25) is 53.4 Å². The molecule has 8 heterocycles. The van der Waals surface area contributed by atoms with Crippen molar-refractivity contribution < 1.29 is 127 Å². The SMILES string of the molecule is CN[C@H](CC(C)C)C(=O)N[C@H]1C(=O)N[C@@H](CC(N)=O)C(=O)N[C@H]2C(=O)N[C@H]3C(=O)N[C@H](C(=O)N[C@H](C(=O)O)c4cc(O)cc(O)c4-c4cc3ccc4O)[C@H](O[C@H]3C[C@](C)(N)[C@@H](O)[C@H](C)O3)c3ccc(cc3)Oc3cc2cc(c3O[C@@H]2O[C@H](CO)[C@@H](O)[C@H](O)[C@H]2O[C@H]2C[C@](C)(NCc3ccc(Cl)cc3)[C@@H](O)[C@H](C)O2)Oc2ccc(cc2Cl)[C@H]1O. The topological polar surface area (TPSA) is 561 Å². The molecule has 0 unspecified atom stereocenters. The standard InChI is InChI=1S/C80H94Cl2N10O26/c1-32(2)20-46(85-7)71(103)91-61-63(98)38-13-19-50(45(82)22-38)114-52-24-39-23-51(67(52)118-78-68(65(100)64(99)53(31-93)115-78)117-56-29-80(6,70(102)34(4)112-56)86-30-35-8-14-40(81)15-9-35)113-42-16-10-36(11-17-42)66(116-55-28-79(5,84)69(101)33(3)111-55)62-76(108)90-60(77(109)110)44-25-41(94)26-49(96)57(44)43-21-37(12-18-48(43)95)58(73(105)92-62)89-74(106)59(39)88-72(104)47(27-54(83)97)87-75(61)107/h8-19,21-26,32-34,46-47,53,55-56,58-66,68-70,78,85-86,93-96,98-102H,20,27-31,84H2,1-7H3,(H2,83,97)(H,87,107)(H,88,104)(H,89,106)(H,90,108)(H,91,103)(H,92,105)(H,109,110)/t33-,34-,46+,47-,53+,55-,56-,58+,59+,60-,61+,62-,63+,64+,65-,66+,68+,69-,70-,78-,79-,80-/m0/s1. The molecule has 22 atom stereocenters. The lowest BCUT2D eigenvalue weighted by Gasteiger charge is -2.48. The number of phenolic OH excluding ortho intramolecular Hbond substituents is 3. The molecule has 0 aromatic heterocycles. The average Bonchev–Trinajstić information content (AvgIpc) is 0.762. The van der Waals surface area contributed by atoms with Crippen LogP contribution in [0.25, 0.3) is 11.1 Å². The highest BCUT2D eigenvalue weighted by atomic mass is 35.5. The fraction of sp³-hybridized carbons (Fsp3) is 0.450. The number of aliphatic hydroxyl groups is 6. The maximum absolute atomic E-state index is 16.5. The smallest absolute Gasteiger partial charge is 0.330 e. The number of primary amides is 1. The fourth-order valence-corrected chi connectivity index (χ4v) is 15.6. The number of carbonyl (C=O) groups is 8. The number of aliphatic hydroxyl groups excluding tert-OH is 6. The number of nitrogens with two attached hydrogens (primary N) is 2. The number of likely N-dealkylation sites (N-methyl/N-ethyl adjacent to an activating group) is 1. The van der Waals surface area contributed by atoms with Crippen molar-refractivity contribution >= 4 is 70.5 Å². The monoisotopic (exact) mass is 1680 g/mol. The molecule has 22 N–H and O–H groups in total. The number of hydrogen-bond donors (Lipinski definition) is 20. The quantitative estimate of drug-likeness (QED) is 0.0586. The lowest BCUT2D eigenvalue weighted by Crippen LogP contribution is -2.65. The molecular weight excluding hydrogens is 1590 g/mol. The van der Waals surface area contributed by atoms with Crippen molar-refractivity contribution in [2.24, 2.45) is 17.4 Å². The Morgan fingerprint density at radius 3 is 1.95 bits per heavy atom. The first-order valence-corrected chi connectivity index (χ1v) is 38.6. The number of ether oxygens (including phenoxy) is 8. The minimum absolute atomic E-state index is 0.0441. The van der Waals surface area contributed by atoms with Gasteiger partial charge in [0.25, 0.3) is 0 Å². The number of carboxylic acids is 1. The van der Waals surface area contributed by atoms with E-state index in [4.69, 9.17) is 72.6 Å². The molecule has 38 heteroatoms. The number of amides is 7. The zero-order chi connectivity index (χ0) is 85.4. The van der Waals surface area contributed by atoms with Gasteiger partial charge in [-0.2, -0.15) is 0 Å². The van der Waals surface area contributed by atoms with Crippen LogP contribution in [0.3, 0.4) is 0 Å². The number of carboxylic acid groups (broad SMARTS) is 1. The first-order chi connectivity index (χ1) is 55.8. The van der Waals surface area contributed by atoms with E-state index < -0.39 is 250 Å². The third-order valence-electron chi connectivity index (χ3n) is 21.6. The van der Waals surface area contributed by atoms with Crippen molar-refractivity contribution in [2.75, 3.05) is 13.7 Å². The Balaban J connectivity index is 1.09. The van der Waals surface area contributed by atoms with Crippen LogP contribution in [-0.2, 0) is 68.6 Å². The molecule has 3 fully saturated rings. The maximum Gasteiger partial charge on any atom is 0.330 e. The van der Waals surface area contributed by atoms with E-state index in [0.29, 0.717) is 5.02 Å². The molecule has 36 nitrogen and oxygen atoms in total. The number of halogens is 2. The zero-order valence-electron chi connectivity index (χ0n) is 64.7. The predicted molar refractivity (Wildman–Crippen MR) is 415 cm³/mol. The Hall–Kier alpha value is -10.1. The number of aliphatic carboxylic acids is 1. The summed E-state index contributed by atoms with van der Waals surface area (Å²) in [6.45, 7) is 9.11. The number of benzene rings is 6. The zero-order valence-corrected chi connectivity index (χ0v) is 66.2. The van der Waals surface area contributed by atoms with Crippen molar-refractivity contribution in [3.63, 3.8) is 0 Å². The first-order valence-electron chi connectivity index (χ1n) is 37.9. The molecule has 118 heavy (non-hydrogen) atoms. The second-order valence-corrected chi connectivity index (χ2v) is 31.9. The predicted octanol–water partition coefficient (Wildman–Crippen LogP) is 2.17.